The third-order valence-corrected chi connectivity index (χ3v) is 2.40. The Morgan fingerprint density at radius 3 is 3.05 bits per heavy atom. The van der Waals surface area contributed by atoms with Gasteiger partial charge in [0.15, 0.2) is 5.65 Å². The molecule has 110 valence electrons. The van der Waals surface area contributed by atoms with Crippen LogP contribution in [0.3, 0.4) is 0 Å². The Morgan fingerprint density at radius 1 is 1.48 bits per heavy atom. The summed E-state index contributed by atoms with van der Waals surface area (Å²) >= 11 is 0. The van der Waals surface area contributed by atoms with E-state index in [9.17, 15) is 4.79 Å². The van der Waals surface area contributed by atoms with E-state index in [1.165, 1.54) is 0 Å². The van der Waals surface area contributed by atoms with Gasteiger partial charge in [0.1, 0.15) is 16.8 Å². The summed E-state index contributed by atoms with van der Waals surface area (Å²) in [7, 11) is 0. The maximum atomic E-state index is 11.4. The Kier molecular flexibility index (Phi) is 4.43. The molecule has 2 N–H and O–H groups in total. The molecular weight excluding hydrogens is 268 g/mol. The Labute approximate surface area is 123 Å². The molecule has 21 heavy (non-hydrogen) atoms. The number of fused-ring (bicyclic) bond motifs is 1. The van der Waals surface area contributed by atoms with Crippen molar-refractivity contribution in [3.05, 3.63) is 24.2 Å². The molecule has 0 saturated heterocycles. The minimum Gasteiger partial charge on any atom is -0.444 e. The largest absolute Gasteiger partial charge is 0.444 e. The summed E-state index contributed by atoms with van der Waals surface area (Å²) in [5, 5.41) is 2.65. The average Bonchev–Trinajstić information content (AvgIpc) is 2.83. The molecule has 0 aliphatic rings. The summed E-state index contributed by atoms with van der Waals surface area (Å²) < 4.78 is 5.12. The Morgan fingerprint density at radius 2 is 2.29 bits per heavy atom. The lowest BCUT2D eigenvalue weighted by atomic mass is 10.2. The van der Waals surface area contributed by atoms with Crippen molar-refractivity contribution in [3.8, 4) is 11.8 Å². The minimum absolute atomic E-state index is 0.432. The zero-order valence-electron chi connectivity index (χ0n) is 12.4. The van der Waals surface area contributed by atoms with Crippen LogP contribution in [-0.4, -0.2) is 33.2 Å². The molecule has 2 aromatic heterocycles. The predicted octanol–water partition coefficient (Wildman–Crippen LogP) is 2.22. The van der Waals surface area contributed by atoms with Crippen LogP contribution < -0.4 is 5.32 Å². The van der Waals surface area contributed by atoms with Gasteiger partial charge in [0.2, 0.25) is 0 Å². The number of carbonyl (C=O) groups excluding carboxylic acids is 1. The molecule has 2 aromatic rings. The van der Waals surface area contributed by atoms with Crippen molar-refractivity contribution in [1.82, 2.24) is 20.3 Å². The second-order valence-corrected chi connectivity index (χ2v) is 5.45. The van der Waals surface area contributed by atoms with Crippen LogP contribution in [0.1, 0.15) is 32.9 Å². The van der Waals surface area contributed by atoms with Gasteiger partial charge in [-0.15, -0.1) is 0 Å². The highest BCUT2D eigenvalue weighted by molar-refractivity contribution is 5.70. The summed E-state index contributed by atoms with van der Waals surface area (Å²) in [4.78, 5) is 22.9. The molecule has 1 amide bonds. The lowest BCUT2D eigenvalue weighted by molar-refractivity contribution is 0.0529. The number of rotatable bonds is 2. The number of aromatic nitrogens is 3. The van der Waals surface area contributed by atoms with Crippen LogP contribution in [0.15, 0.2) is 18.5 Å². The van der Waals surface area contributed by atoms with Gasteiger partial charge in [0, 0.05) is 19.2 Å². The Hall–Kier alpha value is -2.55. The predicted molar refractivity (Wildman–Crippen MR) is 79.6 cm³/mol. The van der Waals surface area contributed by atoms with Crippen LogP contribution in [0, 0.1) is 11.8 Å². The molecule has 0 radical (unpaired) electrons. The first-order valence-corrected chi connectivity index (χ1v) is 6.70. The quantitative estimate of drug-likeness (QED) is 0.655. The first kappa shape index (κ1) is 14.9. The fraction of sp³-hybridized carbons (Fsp3) is 0.400. The van der Waals surface area contributed by atoms with Gasteiger partial charge in [-0.25, -0.2) is 14.8 Å². The van der Waals surface area contributed by atoms with Gasteiger partial charge in [-0.1, -0.05) is 5.92 Å². The van der Waals surface area contributed by atoms with E-state index >= 15 is 0 Å². The lowest BCUT2D eigenvalue weighted by Gasteiger charge is -2.19. The highest BCUT2D eigenvalue weighted by atomic mass is 16.6. The number of H-pyrrole nitrogens is 1. The van der Waals surface area contributed by atoms with Crippen LogP contribution in [0.5, 0.6) is 0 Å². The SMILES string of the molecule is CC(C)(C)OC(=O)NCCC#Cc1cnc2[nH]ccc2n1. The number of nitrogens with one attached hydrogen (secondary N) is 2. The molecule has 0 unspecified atom stereocenters. The maximum absolute atomic E-state index is 11.4. The number of carbonyl (C=O) groups is 1. The minimum atomic E-state index is -0.489. The molecular formula is C15H18N4O2. The van der Waals surface area contributed by atoms with E-state index in [0.29, 0.717) is 18.7 Å². The second-order valence-electron chi connectivity index (χ2n) is 5.45. The van der Waals surface area contributed by atoms with Gasteiger partial charge in [-0.3, -0.25) is 0 Å². The lowest BCUT2D eigenvalue weighted by Crippen LogP contribution is -2.32. The number of amides is 1. The average molecular weight is 286 g/mol. The third kappa shape index (κ3) is 4.80. The van der Waals surface area contributed by atoms with Gasteiger partial charge >= 0.3 is 6.09 Å². The van der Waals surface area contributed by atoms with Crippen LogP contribution in [0.25, 0.3) is 11.2 Å². The molecule has 0 saturated carbocycles. The van der Waals surface area contributed by atoms with Gasteiger partial charge in [-0.2, -0.15) is 0 Å². The monoisotopic (exact) mass is 286 g/mol. The van der Waals surface area contributed by atoms with Crippen molar-refractivity contribution in [2.24, 2.45) is 0 Å². The summed E-state index contributed by atoms with van der Waals surface area (Å²) in [5.74, 6) is 5.86. The van der Waals surface area contributed by atoms with Crippen LogP contribution in [0.2, 0.25) is 0 Å². The standard InChI is InChI=1S/C15H18N4O2/c1-15(2,3)21-14(20)17-8-5-4-6-11-10-18-13-12(19-11)7-9-16-13/h7,9-10H,5,8H2,1-3H3,(H,16,18)(H,17,20). The van der Waals surface area contributed by atoms with E-state index in [4.69, 9.17) is 4.74 Å². The zero-order valence-corrected chi connectivity index (χ0v) is 12.4. The van der Waals surface area contributed by atoms with Gasteiger partial charge in [-0.05, 0) is 32.8 Å². The number of ether oxygens (including phenoxy) is 1. The van der Waals surface area contributed by atoms with E-state index in [-0.39, 0.29) is 0 Å². The number of hydrogen-bond acceptors (Lipinski definition) is 4. The van der Waals surface area contributed by atoms with E-state index in [1.807, 2.05) is 26.8 Å². The van der Waals surface area contributed by atoms with Crippen LogP contribution in [-0.2, 0) is 4.74 Å². The maximum Gasteiger partial charge on any atom is 0.407 e. The van der Waals surface area contributed by atoms with Gasteiger partial charge < -0.3 is 15.0 Å². The molecule has 0 spiro atoms. The van der Waals surface area contributed by atoms with Crippen molar-refractivity contribution < 1.29 is 9.53 Å². The molecule has 2 heterocycles. The van der Waals surface area contributed by atoms with Gasteiger partial charge in [0.05, 0.1) is 6.20 Å². The van der Waals surface area contributed by atoms with E-state index < -0.39 is 11.7 Å². The van der Waals surface area contributed by atoms with Crippen molar-refractivity contribution in [2.75, 3.05) is 6.54 Å². The Balaban J connectivity index is 1.80. The van der Waals surface area contributed by atoms with Crippen LogP contribution in [0.4, 0.5) is 4.79 Å². The van der Waals surface area contributed by atoms with E-state index in [2.05, 4.69) is 32.1 Å². The van der Waals surface area contributed by atoms with E-state index in [0.717, 1.165) is 11.2 Å². The Bertz CT molecular complexity index is 689. The molecule has 0 aliphatic carbocycles. The first-order chi connectivity index (χ1) is 9.94. The fourth-order valence-corrected chi connectivity index (χ4v) is 1.58. The molecule has 0 fully saturated rings. The number of alkyl carbamates (subject to hydrolysis) is 1. The fourth-order valence-electron chi connectivity index (χ4n) is 1.58. The van der Waals surface area contributed by atoms with Gasteiger partial charge in [0.25, 0.3) is 0 Å². The molecule has 0 bridgehead atoms. The summed E-state index contributed by atoms with van der Waals surface area (Å²) in [6.07, 6.45) is 3.49. The highest BCUT2D eigenvalue weighted by Gasteiger charge is 2.15. The zero-order chi connectivity index (χ0) is 15.3. The summed E-state index contributed by atoms with van der Waals surface area (Å²) in [5.41, 5.74) is 1.65. The molecule has 0 atom stereocenters. The first-order valence-electron chi connectivity index (χ1n) is 6.70. The smallest absolute Gasteiger partial charge is 0.407 e. The van der Waals surface area contributed by atoms with Crippen molar-refractivity contribution in [1.29, 1.82) is 0 Å². The molecule has 2 rings (SSSR count). The second kappa shape index (κ2) is 6.27. The molecule has 0 aliphatic heterocycles. The number of hydrogen-bond donors (Lipinski definition) is 2. The number of nitrogens with zero attached hydrogens (tertiary/aromatic N) is 2. The molecule has 6 nitrogen and oxygen atoms in total. The topological polar surface area (TPSA) is 79.9 Å². The van der Waals surface area contributed by atoms with Crippen LogP contribution >= 0.6 is 0 Å². The summed E-state index contributed by atoms with van der Waals surface area (Å²) in [6.45, 7) is 5.90. The third-order valence-electron chi connectivity index (χ3n) is 2.40. The van der Waals surface area contributed by atoms with Crippen molar-refractivity contribution >= 4 is 17.3 Å². The summed E-state index contributed by atoms with van der Waals surface area (Å²) in [6, 6.07) is 1.84. The van der Waals surface area contributed by atoms with Crippen molar-refractivity contribution in [2.45, 2.75) is 32.8 Å². The highest BCUT2D eigenvalue weighted by Crippen LogP contribution is 2.06. The molecule has 6 heteroatoms. The normalized spacial score (nSPS) is 10.8. The van der Waals surface area contributed by atoms with E-state index in [1.54, 1.807) is 12.4 Å². The van der Waals surface area contributed by atoms with Crippen molar-refractivity contribution in [3.63, 3.8) is 0 Å². The molecule has 0 aromatic carbocycles. The number of aromatic amines is 1.